The number of pyridine rings is 1. The van der Waals surface area contributed by atoms with E-state index >= 15 is 0 Å². The van der Waals surface area contributed by atoms with Gasteiger partial charge in [0, 0.05) is 17.4 Å². The van der Waals surface area contributed by atoms with Crippen molar-refractivity contribution >= 4 is 11.5 Å². The summed E-state index contributed by atoms with van der Waals surface area (Å²) in [6.45, 7) is 4.48. The Kier molecular flexibility index (Phi) is 4.72. The molecular weight excluding hydrogens is 280 g/mol. The van der Waals surface area contributed by atoms with Crippen molar-refractivity contribution < 1.29 is 0 Å². The van der Waals surface area contributed by atoms with Gasteiger partial charge < -0.3 is 5.32 Å². The Balaban J connectivity index is 1.68. The van der Waals surface area contributed by atoms with E-state index in [0.29, 0.717) is 5.92 Å². The largest absolute Gasteiger partial charge is 0.340 e. The van der Waals surface area contributed by atoms with E-state index in [1.165, 1.54) is 11.1 Å². The van der Waals surface area contributed by atoms with Crippen LogP contribution >= 0.6 is 0 Å². The smallest absolute Gasteiger partial charge is 0.130 e. The lowest BCUT2D eigenvalue weighted by Gasteiger charge is -2.09. The van der Waals surface area contributed by atoms with Crippen LogP contribution in [0.3, 0.4) is 0 Å². The summed E-state index contributed by atoms with van der Waals surface area (Å²) in [4.78, 5) is 4.51. The SMILES string of the molecule is CC(C)Cc1ccc(Nc2ccc(-c3ccccc3)cn2)cc1. The van der Waals surface area contributed by atoms with Crippen LogP contribution in [0.5, 0.6) is 0 Å². The predicted molar refractivity (Wildman–Crippen MR) is 97.9 cm³/mol. The third-order valence-electron chi connectivity index (χ3n) is 3.74. The molecule has 2 heteroatoms. The van der Waals surface area contributed by atoms with Gasteiger partial charge in [-0.15, -0.1) is 0 Å². The minimum atomic E-state index is 0.681. The average molecular weight is 302 g/mol. The summed E-state index contributed by atoms with van der Waals surface area (Å²) < 4.78 is 0. The molecule has 0 unspecified atom stereocenters. The summed E-state index contributed by atoms with van der Waals surface area (Å²) in [7, 11) is 0. The number of aromatic nitrogens is 1. The Labute approximate surface area is 138 Å². The zero-order valence-electron chi connectivity index (χ0n) is 13.7. The number of benzene rings is 2. The van der Waals surface area contributed by atoms with Gasteiger partial charge in [0.15, 0.2) is 0 Å². The quantitative estimate of drug-likeness (QED) is 0.655. The number of nitrogens with one attached hydrogen (secondary N) is 1. The topological polar surface area (TPSA) is 24.9 Å². The summed E-state index contributed by atoms with van der Waals surface area (Å²) in [5.74, 6) is 1.54. The van der Waals surface area contributed by atoms with Crippen molar-refractivity contribution in [3.05, 3.63) is 78.5 Å². The number of anilines is 2. The first-order valence-corrected chi connectivity index (χ1v) is 8.08. The Morgan fingerprint density at radius 3 is 2.17 bits per heavy atom. The van der Waals surface area contributed by atoms with Crippen molar-refractivity contribution in [2.75, 3.05) is 5.32 Å². The molecule has 0 spiro atoms. The van der Waals surface area contributed by atoms with E-state index in [1.54, 1.807) is 0 Å². The van der Waals surface area contributed by atoms with Crippen molar-refractivity contribution in [1.82, 2.24) is 4.98 Å². The Hall–Kier alpha value is -2.61. The molecule has 0 fully saturated rings. The van der Waals surface area contributed by atoms with Crippen LogP contribution in [0.15, 0.2) is 72.9 Å². The summed E-state index contributed by atoms with van der Waals surface area (Å²) in [6, 6.07) is 23.0. The number of hydrogen-bond acceptors (Lipinski definition) is 2. The van der Waals surface area contributed by atoms with Gasteiger partial charge >= 0.3 is 0 Å². The van der Waals surface area contributed by atoms with Crippen LogP contribution in [0.1, 0.15) is 19.4 Å². The fourth-order valence-electron chi connectivity index (χ4n) is 2.61. The molecule has 0 aliphatic rings. The Morgan fingerprint density at radius 2 is 1.57 bits per heavy atom. The summed E-state index contributed by atoms with van der Waals surface area (Å²) >= 11 is 0. The van der Waals surface area contributed by atoms with Crippen LogP contribution < -0.4 is 5.32 Å². The summed E-state index contributed by atoms with van der Waals surface area (Å²) in [6.07, 6.45) is 3.02. The third kappa shape index (κ3) is 4.19. The Bertz CT molecular complexity index is 729. The minimum Gasteiger partial charge on any atom is -0.340 e. The van der Waals surface area contributed by atoms with Crippen molar-refractivity contribution in [3.8, 4) is 11.1 Å². The van der Waals surface area contributed by atoms with Gasteiger partial charge in [-0.1, -0.05) is 56.3 Å². The molecule has 0 aliphatic carbocycles. The summed E-state index contributed by atoms with van der Waals surface area (Å²) in [5, 5.41) is 3.35. The maximum Gasteiger partial charge on any atom is 0.130 e. The van der Waals surface area contributed by atoms with Crippen LogP contribution in [0.2, 0.25) is 0 Å². The molecule has 116 valence electrons. The van der Waals surface area contributed by atoms with Gasteiger partial charge in [-0.05, 0) is 47.7 Å². The molecule has 3 aromatic rings. The molecule has 3 rings (SSSR count). The van der Waals surface area contributed by atoms with Crippen LogP contribution in [-0.4, -0.2) is 4.98 Å². The number of hydrogen-bond donors (Lipinski definition) is 1. The molecule has 0 atom stereocenters. The van der Waals surface area contributed by atoms with E-state index in [9.17, 15) is 0 Å². The van der Waals surface area contributed by atoms with Gasteiger partial charge in [0.25, 0.3) is 0 Å². The monoisotopic (exact) mass is 302 g/mol. The first kappa shape index (κ1) is 15.3. The molecule has 1 aromatic heterocycles. The molecule has 0 radical (unpaired) electrons. The molecular formula is C21H22N2. The zero-order chi connectivity index (χ0) is 16.1. The van der Waals surface area contributed by atoms with E-state index in [4.69, 9.17) is 0 Å². The summed E-state index contributed by atoms with van der Waals surface area (Å²) in [5.41, 5.74) is 4.75. The lowest BCUT2D eigenvalue weighted by atomic mass is 10.0. The van der Waals surface area contributed by atoms with E-state index in [2.05, 4.69) is 66.6 Å². The third-order valence-corrected chi connectivity index (χ3v) is 3.74. The fraction of sp³-hybridized carbons (Fsp3) is 0.190. The van der Waals surface area contributed by atoms with E-state index in [1.807, 2.05) is 30.5 Å². The molecule has 0 amide bonds. The highest BCUT2D eigenvalue weighted by atomic mass is 15.0. The first-order chi connectivity index (χ1) is 11.2. The Morgan fingerprint density at radius 1 is 0.826 bits per heavy atom. The second-order valence-electron chi connectivity index (χ2n) is 6.22. The molecule has 2 aromatic carbocycles. The first-order valence-electron chi connectivity index (χ1n) is 8.08. The standard InChI is InChI=1S/C21H22N2/c1-16(2)14-17-8-11-20(12-9-17)23-21-13-10-19(15-22-21)18-6-4-3-5-7-18/h3-13,15-16H,14H2,1-2H3,(H,22,23). The fourth-order valence-corrected chi connectivity index (χ4v) is 2.61. The van der Waals surface area contributed by atoms with E-state index in [-0.39, 0.29) is 0 Å². The zero-order valence-corrected chi connectivity index (χ0v) is 13.7. The number of rotatable bonds is 5. The molecule has 2 nitrogen and oxygen atoms in total. The van der Waals surface area contributed by atoms with E-state index < -0.39 is 0 Å². The van der Waals surface area contributed by atoms with Crippen LogP contribution in [-0.2, 0) is 6.42 Å². The lowest BCUT2D eigenvalue weighted by Crippen LogP contribution is -1.96. The second kappa shape index (κ2) is 7.10. The molecule has 1 heterocycles. The van der Waals surface area contributed by atoms with Crippen LogP contribution in [0.4, 0.5) is 11.5 Å². The van der Waals surface area contributed by atoms with E-state index in [0.717, 1.165) is 23.5 Å². The van der Waals surface area contributed by atoms with Crippen LogP contribution in [0.25, 0.3) is 11.1 Å². The van der Waals surface area contributed by atoms with Gasteiger partial charge in [0.2, 0.25) is 0 Å². The second-order valence-corrected chi connectivity index (χ2v) is 6.22. The van der Waals surface area contributed by atoms with Gasteiger partial charge in [0.05, 0.1) is 0 Å². The van der Waals surface area contributed by atoms with Crippen molar-refractivity contribution in [2.45, 2.75) is 20.3 Å². The predicted octanol–water partition coefficient (Wildman–Crippen LogP) is 5.69. The normalized spacial score (nSPS) is 10.7. The minimum absolute atomic E-state index is 0.681. The van der Waals surface area contributed by atoms with Gasteiger partial charge in [-0.25, -0.2) is 4.98 Å². The average Bonchev–Trinajstić information content (AvgIpc) is 2.58. The maximum absolute atomic E-state index is 4.51. The van der Waals surface area contributed by atoms with Crippen molar-refractivity contribution in [1.29, 1.82) is 0 Å². The van der Waals surface area contributed by atoms with Gasteiger partial charge in [-0.2, -0.15) is 0 Å². The lowest BCUT2D eigenvalue weighted by molar-refractivity contribution is 0.647. The highest BCUT2D eigenvalue weighted by Gasteiger charge is 2.01. The molecule has 0 saturated heterocycles. The van der Waals surface area contributed by atoms with Gasteiger partial charge in [0.1, 0.15) is 5.82 Å². The molecule has 0 aliphatic heterocycles. The van der Waals surface area contributed by atoms with Crippen molar-refractivity contribution in [2.24, 2.45) is 5.92 Å². The number of nitrogens with zero attached hydrogens (tertiary/aromatic N) is 1. The van der Waals surface area contributed by atoms with Crippen molar-refractivity contribution in [3.63, 3.8) is 0 Å². The highest BCUT2D eigenvalue weighted by molar-refractivity contribution is 5.65. The molecule has 23 heavy (non-hydrogen) atoms. The molecule has 0 saturated carbocycles. The molecule has 1 N–H and O–H groups in total. The van der Waals surface area contributed by atoms with Crippen LogP contribution in [0, 0.1) is 5.92 Å². The van der Waals surface area contributed by atoms with Gasteiger partial charge in [-0.3, -0.25) is 0 Å². The highest BCUT2D eigenvalue weighted by Crippen LogP contribution is 2.21. The molecule has 0 bridgehead atoms. The maximum atomic E-state index is 4.51.